The minimum atomic E-state index is 0.225. The molecule has 110 valence electrons. The Morgan fingerprint density at radius 2 is 1.95 bits per heavy atom. The molecule has 0 spiro atoms. The molecule has 4 nitrogen and oxygen atoms in total. The van der Waals surface area contributed by atoms with Crippen LogP contribution in [0.25, 0.3) is 0 Å². The number of phenols is 1. The summed E-state index contributed by atoms with van der Waals surface area (Å²) in [6, 6.07) is 11.1. The van der Waals surface area contributed by atoms with E-state index >= 15 is 0 Å². The summed E-state index contributed by atoms with van der Waals surface area (Å²) >= 11 is 0. The number of benzene rings is 2. The molecule has 0 aromatic heterocycles. The Bertz CT molecular complexity index is 651. The number of aromatic hydroxyl groups is 1. The molecule has 1 aliphatic rings. The topological polar surface area (TPSA) is 47.9 Å². The van der Waals surface area contributed by atoms with Crippen LogP contribution in [0.1, 0.15) is 17.0 Å². The summed E-state index contributed by atoms with van der Waals surface area (Å²) < 4.78 is 16.5. The van der Waals surface area contributed by atoms with Crippen LogP contribution in [0.2, 0.25) is 0 Å². The first-order valence-corrected chi connectivity index (χ1v) is 6.88. The Kier molecular flexibility index (Phi) is 3.60. The van der Waals surface area contributed by atoms with E-state index in [1.807, 2.05) is 24.3 Å². The second kappa shape index (κ2) is 5.56. The molecule has 1 heterocycles. The van der Waals surface area contributed by atoms with Crippen molar-refractivity contribution in [2.24, 2.45) is 0 Å². The van der Waals surface area contributed by atoms with E-state index in [0.29, 0.717) is 6.61 Å². The van der Waals surface area contributed by atoms with Gasteiger partial charge in [0.1, 0.15) is 23.0 Å². The molecule has 0 amide bonds. The number of methoxy groups -OCH3 is 2. The van der Waals surface area contributed by atoms with Crippen molar-refractivity contribution in [2.45, 2.75) is 12.3 Å². The van der Waals surface area contributed by atoms with Crippen molar-refractivity contribution in [3.05, 3.63) is 47.5 Å². The van der Waals surface area contributed by atoms with E-state index in [9.17, 15) is 5.11 Å². The second-order valence-corrected chi connectivity index (χ2v) is 5.11. The molecule has 1 unspecified atom stereocenters. The van der Waals surface area contributed by atoms with Crippen LogP contribution in [-0.4, -0.2) is 25.9 Å². The summed E-state index contributed by atoms with van der Waals surface area (Å²) in [5.74, 6) is 2.80. The van der Waals surface area contributed by atoms with E-state index in [2.05, 4.69) is 0 Å². The van der Waals surface area contributed by atoms with Crippen LogP contribution in [0.4, 0.5) is 0 Å². The SMILES string of the molecule is COc1ccc(C2COc3cc(O)ccc3C2)c(OC)c1. The van der Waals surface area contributed by atoms with Crippen molar-refractivity contribution < 1.29 is 19.3 Å². The van der Waals surface area contributed by atoms with E-state index in [-0.39, 0.29) is 11.7 Å². The van der Waals surface area contributed by atoms with Gasteiger partial charge >= 0.3 is 0 Å². The van der Waals surface area contributed by atoms with Gasteiger partial charge in [0.25, 0.3) is 0 Å². The van der Waals surface area contributed by atoms with Gasteiger partial charge in [0.2, 0.25) is 0 Å². The van der Waals surface area contributed by atoms with Crippen molar-refractivity contribution in [3.63, 3.8) is 0 Å². The standard InChI is InChI=1S/C17H18O4/c1-19-14-5-6-15(17(9-14)20-2)12-7-11-3-4-13(18)8-16(11)21-10-12/h3-6,8-9,12,18H,7,10H2,1-2H3. The first kappa shape index (κ1) is 13.6. The highest BCUT2D eigenvalue weighted by Crippen LogP contribution is 2.38. The van der Waals surface area contributed by atoms with Crippen LogP contribution in [0.3, 0.4) is 0 Å². The van der Waals surface area contributed by atoms with Gasteiger partial charge in [-0.25, -0.2) is 0 Å². The van der Waals surface area contributed by atoms with Gasteiger partial charge in [0.05, 0.1) is 20.8 Å². The minimum absolute atomic E-state index is 0.225. The third kappa shape index (κ3) is 2.61. The molecule has 1 N–H and O–H groups in total. The number of fused-ring (bicyclic) bond motifs is 1. The predicted octanol–water partition coefficient (Wildman–Crippen LogP) is 3.13. The summed E-state index contributed by atoms with van der Waals surface area (Å²) in [6.07, 6.45) is 0.859. The maximum Gasteiger partial charge on any atom is 0.126 e. The number of hydrogen-bond acceptors (Lipinski definition) is 4. The van der Waals surface area contributed by atoms with E-state index in [1.165, 1.54) is 0 Å². The fourth-order valence-corrected chi connectivity index (χ4v) is 2.72. The van der Waals surface area contributed by atoms with Crippen LogP contribution < -0.4 is 14.2 Å². The summed E-state index contributed by atoms with van der Waals surface area (Å²) in [5.41, 5.74) is 2.21. The second-order valence-electron chi connectivity index (χ2n) is 5.11. The molecular formula is C17H18O4. The van der Waals surface area contributed by atoms with Crippen molar-refractivity contribution in [1.82, 2.24) is 0 Å². The van der Waals surface area contributed by atoms with E-state index < -0.39 is 0 Å². The van der Waals surface area contributed by atoms with Gasteiger partial charge < -0.3 is 19.3 Å². The predicted molar refractivity (Wildman–Crippen MR) is 79.6 cm³/mol. The number of ether oxygens (including phenoxy) is 3. The van der Waals surface area contributed by atoms with Gasteiger partial charge in [0, 0.05) is 23.6 Å². The molecule has 4 heteroatoms. The lowest BCUT2D eigenvalue weighted by atomic mass is 9.89. The molecule has 3 rings (SSSR count). The van der Waals surface area contributed by atoms with Gasteiger partial charge in [-0.3, -0.25) is 0 Å². The van der Waals surface area contributed by atoms with Gasteiger partial charge in [0.15, 0.2) is 0 Å². The van der Waals surface area contributed by atoms with Crippen molar-refractivity contribution in [1.29, 1.82) is 0 Å². The fourth-order valence-electron chi connectivity index (χ4n) is 2.72. The Morgan fingerprint density at radius 3 is 2.71 bits per heavy atom. The van der Waals surface area contributed by atoms with Crippen LogP contribution in [-0.2, 0) is 6.42 Å². The van der Waals surface area contributed by atoms with E-state index in [4.69, 9.17) is 14.2 Å². The summed E-state index contributed by atoms with van der Waals surface area (Å²) in [4.78, 5) is 0. The van der Waals surface area contributed by atoms with Crippen LogP contribution >= 0.6 is 0 Å². The number of hydrogen-bond donors (Lipinski definition) is 1. The lowest BCUT2D eigenvalue weighted by Crippen LogP contribution is -2.19. The maximum atomic E-state index is 9.50. The lowest BCUT2D eigenvalue weighted by Gasteiger charge is -2.27. The quantitative estimate of drug-likeness (QED) is 0.941. The van der Waals surface area contributed by atoms with E-state index in [0.717, 1.165) is 34.8 Å². The highest BCUT2D eigenvalue weighted by molar-refractivity contribution is 5.47. The molecule has 21 heavy (non-hydrogen) atoms. The zero-order chi connectivity index (χ0) is 14.8. The monoisotopic (exact) mass is 286 g/mol. The zero-order valence-electron chi connectivity index (χ0n) is 12.1. The van der Waals surface area contributed by atoms with Gasteiger partial charge in [-0.1, -0.05) is 12.1 Å². The molecule has 0 fully saturated rings. The first-order valence-electron chi connectivity index (χ1n) is 6.88. The minimum Gasteiger partial charge on any atom is -0.508 e. The van der Waals surface area contributed by atoms with Crippen LogP contribution in [0, 0.1) is 0 Å². The fraction of sp³-hybridized carbons (Fsp3) is 0.294. The first-order chi connectivity index (χ1) is 10.2. The average molecular weight is 286 g/mol. The molecular weight excluding hydrogens is 268 g/mol. The highest BCUT2D eigenvalue weighted by atomic mass is 16.5. The number of phenolic OH excluding ortho intramolecular Hbond substituents is 1. The summed E-state index contributed by atoms with van der Waals surface area (Å²) in [6.45, 7) is 0.569. The molecule has 0 saturated carbocycles. The lowest BCUT2D eigenvalue weighted by molar-refractivity contribution is 0.257. The number of rotatable bonds is 3. The Balaban J connectivity index is 1.90. The van der Waals surface area contributed by atoms with E-state index in [1.54, 1.807) is 26.4 Å². The Labute approximate surface area is 123 Å². The van der Waals surface area contributed by atoms with Gasteiger partial charge in [-0.05, 0) is 24.1 Å². The summed E-state index contributed by atoms with van der Waals surface area (Å²) in [7, 11) is 3.30. The van der Waals surface area contributed by atoms with Gasteiger partial charge in [-0.2, -0.15) is 0 Å². The third-order valence-corrected chi connectivity index (χ3v) is 3.84. The van der Waals surface area contributed by atoms with Crippen molar-refractivity contribution in [3.8, 4) is 23.0 Å². The Morgan fingerprint density at radius 1 is 1.10 bits per heavy atom. The largest absolute Gasteiger partial charge is 0.508 e. The molecule has 2 aromatic carbocycles. The van der Waals surface area contributed by atoms with Crippen LogP contribution in [0.5, 0.6) is 23.0 Å². The molecule has 0 radical (unpaired) electrons. The maximum absolute atomic E-state index is 9.50. The highest BCUT2D eigenvalue weighted by Gasteiger charge is 2.24. The normalized spacial score (nSPS) is 16.8. The average Bonchev–Trinajstić information content (AvgIpc) is 2.53. The van der Waals surface area contributed by atoms with Crippen molar-refractivity contribution >= 4 is 0 Å². The Hall–Kier alpha value is -2.36. The molecule has 2 aromatic rings. The molecule has 0 aliphatic carbocycles. The third-order valence-electron chi connectivity index (χ3n) is 3.84. The van der Waals surface area contributed by atoms with Crippen LogP contribution in [0.15, 0.2) is 36.4 Å². The molecule has 0 bridgehead atoms. The molecule has 1 aliphatic heterocycles. The van der Waals surface area contributed by atoms with Crippen molar-refractivity contribution in [2.75, 3.05) is 20.8 Å². The smallest absolute Gasteiger partial charge is 0.126 e. The molecule has 1 atom stereocenters. The van der Waals surface area contributed by atoms with Gasteiger partial charge in [-0.15, -0.1) is 0 Å². The zero-order valence-corrected chi connectivity index (χ0v) is 12.1. The summed E-state index contributed by atoms with van der Waals surface area (Å²) in [5, 5.41) is 9.50. The molecule has 0 saturated heterocycles.